The van der Waals surface area contributed by atoms with E-state index in [2.05, 4.69) is 46.6 Å². The van der Waals surface area contributed by atoms with Gasteiger partial charge in [-0.1, -0.05) is 34.6 Å². The highest BCUT2D eigenvalue weighted by atomic mass is 15.1. The molecular weight excluding hydrogens is 256 g/mol. The van der Waals surface area contributed by atoms with Gasteiger partial charge in [0, 0.05) is 6.04 Å². The molecule has 21 heavy (non-hydrogen) atoms. The summed E-state index contributed by atoms with van der Waals surface area (Å²) in [7, 11) is 2.33. The van der Waals surface area contributed by atoms with E-state index >= 15 is 0 Å². The van der Waals surface area contributed by atoms with E-state index in [9.17, 15) is 0 Å². The van der Waals surface area contributed by atoms with Gasteiger partial charge in [0.25, 0.3) is 0 Å². The van der Waals surface area contributed by atoms with E-state index in [1.54, 1.807) is 0 Å². The minimum atomic E-state index is 0.396. The first kappa shape index (κ1) is 19.0. The lowest BCUT2D eigenvalue weighted by atomic mass is 9.75. The van der Waals surface area contributed by atoms with Crippen molar-refractivity contribution in [1.29, 1.82) is 0 Å². The summed E-state index contributed by atoms with van der Waals surface area (Å²) < 4.78 is 0. The van der Waals surface area contributed by atoms with Gasteiger partial charge in [0.15, 0.2) is 0 Å². The van der Waals surface area contributed by atoms with Gasteiger partial charge in [0.05, 0.1) is 0 Å². The number of nitrogens with two attached hydrogens (primary N) is 1. The normalized spacial score (nSPS) is 21.7. The van der Waals surface area contributed by atoms with Crippen LogP contribution in [0.4, 0.5) is 0 Å². The first-order valence-electron chi connectivity index (χ1n) is 9.06. The SMILES string of the molecule is CN(CCCC(CCN)C(C)(C)C)C1CCC(C)(C)CC1. The lowest BCUT2D eigenvalue weighted by Gasteiger charge is -2.39. The van der Waals surface area contributed by atoms with Gasteiger partial charge in [-0.2, -0.15) is 0 Å². The highest BCUT2D eigenvalue weighted by Gasteiger charge is 2.29. The molecule has 126 valence electrons. The number of hydrogen-bond acceptors (Lipinski definition) is 2. The molecule has 1 unspecified atom stereocenters. The van der Waals surface area contributed by atoms with Crippen LogP contribution in [0.1, 0.15) is 79.6 Å². The summed E-state index contributed by atoms with van der Waals surface area (Å²) in [6.45, 7) is 14.0. The summed E-state index contributed by atoms with van der Waals surface area (Å²) in [4.78, 5) is 2.62. The molecule has 0 aromatic carbocycles. The molecule has 0 radical (unpaired) electrons. The third-order valence-electron chi connectivity index (χ3n) is 5.74. The van der Waals surface area contributed by atoms with Crippen LogP contribution in [0.2, 0.25) is 0 Å². The third-order valence-corrected chi connectivity index (χ3v) is 5.74. The van der Waals surface area contributed by atoms with Gasteiger partial charge >= 0.3 is 0 Å². The molecule has 1 aliphatic carbocycles. The fourth-order valence-corrected chi connectivity index (χ4v) is 3.81. The average molecular weight is 297 g/mol. The van der Waals surface area contributed by atoms with Crippen LogP contribution in [-0.4, -0.2) is 31.1 Å². The van der Waals surface area contributed by atoms with Crippen LogP contribution in [0, 0.1) is 16.7 Å². The fraction of sp³-hybridized carbons (Fsp3) is 1.00. The largest absolute Gasteiger partial charge is 0.330 e. The van der Waals surface area contributed by atoms with E-state index in [-0.39, 0.29) is 0 Å². The van der Waals surface area contributed by atoms with E-state index in [0.29, 0.717) is 10.8 Å². The van der Waals surface area contributed by atoms with E-state index < -0.39 is 0 Å². The minimum absolute atomic E-state index is 0.396. The maximum Gasteiger partial charge on any atom is 0.00926 e. The van der Waals surface area contributed by atoms with Crippen LogP contribution in [0.5, 0.6) is 0 Å². The van der Waals surface area contributed by atoms with E-state index in [0.717, 1.165) is 18.5 Å². The third kappa shape index (κ3) is 6.69. The van der Waals surface area contributed by atoms with Gasteiger partial charge in [-0.15, -0.1) is 0 Å². The van der Waals surface area contributed by atoms with Crippen LogP contribution < -0.4 is 5.73 Å². The predicted molar refractivity (Wildman–Crippen MR) is 94.5 cm³/mol. The summed E-state index contributed by atoms with van der Waals surface area (Å²) in [6.07, 6.45) is 9.36. The topological polar surface area (TPSA) is 29.3 Å². The molecule has 0 spiro atoms. The van der Waals surface area contributed by atoms with Gasteiger partial charge < -0.3 is 10.6 Å². The standard InChI is InChI=1S/C19H40N2/c1-18(2,3)16(11-14-20)8-7-15-21(6)17-9-12-19(4,5)13-10-17/h16-17H,7-15,20H2,1-6H3. The zero-order valence-electron chi connectivity index (χ0n) is 15.5. The smallest absolute Gasteiger partial charge is 0.00926 e. The number of rotatable bonds is 7. The maximum atomic E-state index is 5.79. The Morgan fingerprint density at radius 3 is 2.19 bits per heavy atom. The molecule has 1 atom stereocenters. The van der Waals surface area contributed by atoms with Gasteiger partial charge in [-0.05, 0) is 81.8 Å². The molecule has 0 aromatic heterocycles. The molecule has 0 aliphatic heterocycles. The zero-order valence-corrected chi connectivity index (χ0v) is 15.5. The molecule has 0 bridgehead atoms. The number of hydrogen-bond donors (Lipinski definition) is 1. The Balaban J connectivity index is 2.31. The number of nitrogens with zero attached hydrogens (tertiary/aromatic N) is 1. The van der Waals surface area contributed by atoms with Gasteiger partial charge in [0.1, 0.15) is 0 Å². The predicted octanol–water partition coefficient (Wildman–Crippen LogP) is 4.68. The van der Waals surface area contributed by atoms with E-state index in [1.165, 1.54) is 51.5 Å². The van der Waals surface area contributed by atoms with Gasteiger partial charge in [0.2, 0.25) is 0 Å². The van der Waals surface area contributed by atoms with Crippen molar-refractivity contribution in [3.8, 4) is 0 Å². The highest BCUT2D eigenvalue weighted by molar-refractivity contribution is 4.83. The zero-order chi connectivity index (χ0) is 16.1. The lowest BCUT2D eigenvalue weighted by Crippen LogP contribution is -2.38. The van der Waals surface area contributed by atoms with Crippen molar-refractivity contribution in [2.75, 3.05) is 20.1 Å². The molecule has 2 nitrogen and oxygen atoms in total. The van der Waals surface area contributed by atoms with Crippen molar-refractivity contribution in [1.82, 2.24) is 4.90 Å². The minimum Gasteiger partial charge on any atom is -0.330 e. The Kier molecular flexibility index (Phi) is 7.19. The van der Waals surface area contributed by atoms with Crippen molar-refractivity contribution in [2.24, 2.45) is 22.5 Å². The molecule has 0 saturated heterocycles. The monoisotopic (exact) mass is 296 g/mol. The molecular formula is C19H40N2. The summed E-state index contributed by atoms with van der Waals surface area (Å²) in [5.41, 5.74) is 6.76. The van der Waals surface area contributed by atoms with Crippen LogP contribution in [-0.2, 0) is 0 Å². The molecule has 1 aliphatic rings. The molecule has 1 rings (SSSR count). The van der Waals surface area contributed by atoms with Crippen LogP contribution in [0.25, 0.3) is 0 Å². The molecule has 1 saturated carbocycles. The maximum absolute atomic E-state index is 5.79. The second kappa shape index (κ2) is 7.97. The molecule has 0 amide bonds. The Bertz CT molecular complexity index is 280. The summed E-state index contributed by atoms with van der Waals surface area (Å²) in [5, 5.41) is 0. The van der Waals surface area contributed by atoms with Crippen molar-refractivity contribution in [3.05, 3.63) is 0 Å². The van der Waals surface area contributed by atoms with Crippen LogP contribution >= 0.6 is 0 Å². The van der Waals surface area contributed by atoms with Crippen molar-refractivity contribution < 1.29 is 0 Å². The summed E-state index contributed by atoms with van der Waals surface area (Å²) in [6, 6.07) is 0.820. The molecule has 0 heterocycles. The van der Waals surface area contributed by atoms with E-state index in [1.807, 2.05) is 0 Å². The molecule has 2 N–H and O–H groups in total. The van der Waals surface area contributed by atoms with Crippen molar-refractivity contribution in [2.45, 2.75) is 85.6 Å². The molecule has 0 aromatic rings. The molecule has 1 fully saturated rings. The summed E-state index contributed by atoms with van der Waals surface area (Å²) in [5.74, 6) is 0.765. The second-order valence-electron chi connectivity index (χ2n) is 9.16. The first-order chi connectivity index (χ1) is 9.65. The lowest BCUT2D eigenvalue weighted by molar-refractivity contribution is 0.120. The van der Waals surface area contributed by atoms with Crippen molar-refractivity contribution >= 4 is 0 Å². The van der Waals surface area contributed by atoms with Crippen LogP contribution in [0.15, 0.2) is 0 Å². The average Bonchev–Trinajstić information content (AvgIpc) is 2.36. The van der Waals surface area contributed by atoms with Crippen molar-refractivity contribution in [3.63, 3.8) is 0 Å². The van der Waals surface area contributed by atoms with Gasteiger partial charge in [-0.3, -0.25) is 0 Å². The Morgan fingerprint density at radius 2 is 1.71 bits per heavy atom. The van der Waals surface area contributed by atoms with Gasteiger partial charge in [-0.25, -0.2) is 0 Å². The fourth-order valence-electron chi connectivity index (χ4n) is 3.81. The van der Waals surface area contributed by atoms with E-state index in [4.69, 9.17) is 5.73 Å². The van der Waals surface area contributed by atoms with Crippen LogP contribution in [0.3, 0.4) is 0 Å². The second-order valence-corrected chi connectivity index (χ2v) is 9.16. The Hall–Kier alpha value is -0.0800. The Labute approximate surface area is 133 Å². The Morgan fingerprint density at radius 1 is 1.14 bits per heavy atom. The first-order valence-corrected chi connectivity index (χ1v) is 9.06. The highest BCUT2D eigenvalue weighted by Crippen LogP contribution is 2.37. The molecule has 2 heteroatoms. The quantitative estimate of drug-likeness (QED) is 0.739. The summed E-state index contributed by atoms with van der Waals surface area (Å²) >= 11 is 0.